The van der Waals surface area contributed by atoms with Gasteiger partial charge in [0.2, 0.25) is 0 Å². The normalized spacial score (nSPS) is 24.2. The molecule has 0 bridgehead atoms. The third-order valence-corrected chi connectivity index (χ3v) is 2.32. The molecule has 1 fully saturated rings. The number of alkyl halides is 2. The molecule has 1 aliphatic carbocycles. The van der Waals surface area contributed by atoms with Crippen LogP contribution in [0.25, 0.3) is 0 Å². The number of hydrogen-bond acceptors (Lipinski definition) is 1. The van der Waals surface area contributed by atoms with Crippen molar-refractivity contribution in [1.82, 2.24) is 5.32 Å². The predicted octanol–water partition coefficient (Wildman–Crippen LogP) is 1.91. The van der Waals surface area contributed by atoms with Crippen LogP contribution in [0.4, 0.5) is 8.78 Å². The first-order chi connectivity index (χ1) is 6.51. The van der Waals surface area contributed by atoms with Gasteiger partial charge in [0.15, 0.2) is 0 Å². The summed E-state index contributed by atoms with van der Waals surface area (Å²) in [4.78, 5) is 10.9. The largest absolute Gasteiger partial charge is 0.352 e. The molecule has 2 rings (SSSR count). The molecular formula is C10H9F2NO. The van der Waals surface area contributed by atoms with E-state index in [1.165, 1.54) is 6.08 Å². The van der Waals surface area contributed by atoms with Crippen molar-refractivity contribution in [3.63, 3.8) is 0 Å². The highest BCUT2D eigenvalue weighted by Crippen LogP contribution is 2.36. The van der Waals surface area contributed by atoms with E-state index in [2.05, 4.69) is 5.32 Å². The van der Waals surface area contributed by atoms with Crippen LogP contribution in [0.5, 0.6) is 0 Å². The van der Waals surface area contributed by atoms with Gasteiger partial charge in [0.25, 0.3) is 5.91 Å². The van der Waals surface area contributed by atoms with E-state index in [0.29, 0.717) is 6.42 Å². The fourth-order valence-corrected chi connectivity index (χ4v) is 1.47. The number of fused-ring (bicyclic) bond motifs is 1. The van der Waals surface area contributed by atoms with Crippen molar-refractivity contribution in [2.24, 2.45) is 0 Å². The highest BCUT2D eigenvalue weighted by Gasteiger charge is 2.50. The Morgan fingerprint density at radius 1 is 1.43 bits per heavy atom. The van der Waals surface area contributed by atoms with E-state index in [1.807, 2.05) is 6.92 Å². The summed E-state index contributed by atoms with van der Waals surface area (Å²) in [5.74, 6) is -4.62. The molecule has 0 atom stereocenters. The Labute approximate surface area is 80.0 Å². The standard InChI is InChI=1S/C10H9F2NO/c1-6-2-4-7-8(5-3-6)13-9(14)10(7,11)12/h2,4-5H,3H2,1H3,(H,13,14). The summed E-state index contributed by atoms with van der Waals surface area (Å²) < 4.78 is 26.5. The maximum absolute atomic E-state index is 13.2. The van der Waals surface area contributed by atoms with Gasteiger partial charge in [-0.2, -0.15) is 8.78 Å². The minimum absolute atomic E-state index is 0.223. The highest BCUT2D eigenvalue weighted by molar-refractivity contribution is 5.95. The van der Waals surface area contributed by atoms with E-state index >= 15 is 0 Å². The molecule has 1 saturated heterocycles. The Kier molecular flexibility index (Phi) is 1.80. The summed E-state index contributed by atoms with van der Waals surface area (Å²) in [7, 11) is 0. The number of allylic oxidation sites excluding steroid dienone is 5. The number of halogens is 2. The van der Waals surface area contributed by atoms with Gasteiger partial charge >= 0.3 is 5.92 Å². The first-order valence-electron chi connectivity index (χ1n) is 4.29. The zero-order valence-corrected chi connectivity index (χ0v) is 7.60. The zero-order chi connectivity index (χ0) is 10.3. The van der Waals surface area contributed by atoms with Gasteiger partial charge in [-0.15, -0.1) is 0 Å². The predicted molar refractivity (Wildman–Crippen MR) is 47.6 cm³/mol. The van der Waals surface area contributed by atoms with Gasteiger partial charge in [-0.25, -0.2) is 0 Å². The van der Waals surface area contributed by atoms with Crippen LogP contribution in [0.3, 0.4) is 0 Å². The van der Waals surface area contributed by atoms with Crippen molar-refractivity contribution in [3.05, 3.63) is 35.1 Å². The quantitative estimate of drug-likeness (QED) is 0.631. The second-order valence-electron chi connectivity index (χ2n) is 3.44. The molecule has 2 aliphatic rings. The van der Waals surface area contributed by atoms with Crippen molar-refractivity contribution < 1.29 is 13.6 Å². The van der Waals surface area contributed by atoms with Gasteiger partial charge in [0, 0.05) is 5.70 Å². The minimum atomic E-state index is -3.38. The number of amides is 1. The average molecular weight is 197 g/mol. The van der Waals surface area contributed by atoms with Crippen LogP contribution < -0.4 is 5.32 Å². The lowest BCUT2D eigenvalue weighted by Gasteiger charge is -2.05. The Bertz CT molecular complexity index is 391. The minimum Gasteiger partial charge on any atom is -0.320 e. The van der Waals surface area contributed by atoms with Gasteiger partial charge in [0.1, 0.15) is 0 Å². The molecule has 1 N–H and O–H groups in total. The lowest BCUT2D eigenvalue weighted by atomic mass is 10.1. The Hall–Kier alpha value is -1.45. The van der Waals surface area contributed by atoms with E-state index in [1.54, 1.807) is 12.2 Å². The summed E-state index contributed by atoms with van der Waals surface area (Å²) in [6, 6.07) is 0. The molecule has 0 aromatic carbocycles. The highest BCUT2D eigenvalue weighted by atomic mass is 19.3. The van der Waals surface area contributed by atoms with Crippen molar-refractivity contribution >= 4 is 5.91 Å². The maximum Gasteiger partial charge on any atom is 0.352 e. The van der Waals surface area contributed by atoms with E-state index in [4.69, 9.17) is 0 Å². The summed E-state index contributed by atoms with van der Waals surface area (Å²) >= 11 is 0. The molecule has 1 amide bonds. The van der Waals surface area contributed by atoms with Crippen molar-refractivity contribution in [1.29, 1.82) is 0 Å². The first kappa shape index (κ1) is 9.12. The fraction of sp³-hybridized carbons (Fsp3) is 0.300. The third kappa shape index (κ3) is 1.18. The summed E-state index contributed by atoms with van der Waals surface area (Å²) in [5, 5.41) is 2.18. The van der Waals surface area contributed by atoms with Gasteiger partial charge < -0.3 is 5.32 Å². The molecule has 1 aliphatic heterocycles. The maximum atomic E-state index is 13.2. The molecule has 74 valence electrons. The number of carbonyl (C=O) groups is 1. The Balaban J connectivity index is 2.51. The summed E-state index contributed by atoms with van der Waals surface area (Å²) in [6.45, 7) is 1.86. The van der Waals surface area contributed by atoms with Crippen LogP contribution >= 0.6 is 0 Å². The van der Waals surface area contributed by atoms with Gasteiger partial charge in [-0.3, -0.25) is 4.79 Å². The molecule has 0 spiro atoms. The molecule has 0 unspecified atom stereocenters. The smallest absolute Gasteiger partial charge is 0.320 e. The summed E-state index contributed by atoms with van der Waals surface area (Å²) in [6.07, 6.45) is 5.13. The van der Waals surface area contributed by atoms with Crippen molar-refractivity contribution in [2.45, 2.75) is 19.3 Å². The van der Waals surface area contributed by atoms with Crippen LogP contribution in [0.2, 0.25) is 0 Å². The number of carbonyl (C=O) groups excluding carboxylic acids is 1. The molecule has 0 aromatic rings. The van der Waals surface area contributed by atoms with Crippen molar-refractivity contribution in [3.8, 4) is 0 Å². The molecule has 2 nitrogen and oxygen atoms in total. The topological polar surface area (TPSA) is 29.1 Å². The van der Waals surface area contributed by atoms with E-state index in [-0.39, 0.29) is 11.3 Å². The van der Waals surface area contributed by atoms with Crippen LogP contribution in [-0.2, 0) is 4.79 Å². The van der Waals surface area contributed by atoms with E-state index in [0.717, 1.165) is 5.57 Å². The lowest BCUT2D eigenvalue weighted by molar-refractivity contribution is -0.136. The molecule has 0 saturated carbocycles. The zero-order valence-electron chi connectivity index (χ0n) is 7.60. The van der Waals surface area contributed by atoms with Gasteiger partial charge in [-0.1, -0.05) is 23.8 Å². The van der Waals surface area contributed by atoms with Gasteiger partial charge in [-0.05, 0) is 13.3 Å². The molecule has 14 heavy (non-hydrogen) atoms. The van der Waals surface area contributed by atoms with Crippen LogP contribution in [0.15, 0.2) is 35.1 Å². The molecule has 0 radical (unpaired) electrons. The Morgan fingerprint density at radius 2 is 2.14 bits per heavy atom. The SMILES string of the molecule is CC1=CC=C2C(=CC1)NC(=O)C2(F)F. The van der Waals surface area contributed by atoms with Gasteiger partial charge in [0.05, 0.1) is 5.57 Å². The van der Waals surface area contributed by atoms with Crippen LogP contribution in [-0.4, -0.2) is 11.8 Å². The first-order valence-corrected chi connectivity index (χ1v) is 4.29. The third-order valence-electron chi connectivity index (χ3n) is 2.32. The molecular weight excluding hydrogens is 188 g/mol. The lowest BCUT2D eigenvalue weighted by Crippen LogP contribution is -2.29. The van der Waals surface area contributed by atoms with E-state index < -0.39 is 11.8 Å². The molecule has 1 heterocycles. The van der Waals surface area contributed by atoms with Crippen LogP contribution in [0, 0.1) is 0 Å². The van der Waals surface area contributed by atoms with E-state index in [9.17, 15) is 13.6 Å². The number of nitrogens with one attached hydrogen (secondary N) is 1. The Morgan fingerprint density at radius 3 is 2.86 bits per heavy atom. The fourth-order valence-electron chi connectivity index (χ4n) is 1.47. The second-order valence-corrected chi connectivity index (χ2v) is 3.44. The summed E-state index contributed by atoms with van der Waals surface area (Å²) in [5.41, 5.74) is 1.01. The molecule has 0 aromatic heterocycles. The average Bonchev–Trinajstić information content (AvgIpc) is 2.25. The molecule has 4 heteroatoms. The van der Waals surface area contributed by atoms with Crippen molar-refractivity contribution in [2.75, 3.05) is 0 Å². The second kappa shape index (κ2) is 2.77. The monoisotopic (exact) mass is 197 g/mol. The number of hydrogen-bond donors (Lipinski definition) is 1. The van der Waals surface area contributed by atoms with Crippen LogP contribution in [0.1, 0.15) is 13.3 Å². The number of rotatable bonds is 0.